The molecule has 2 aliphatic heterocycles. The first-order valence-electron chi connectivity index (χ1n) is 15.8. The highest BCUT2D eigenvalue weighted by molar-refractivity contribution is 5.95. The van der Waals surface area contributed by atoms with Crippen LogP contribution in [-0.2, 0) is 57.2 Å². The van der Waals surface area contributed by atoms with Crippen molar-refractivity contribution < 1.29 is 66.7 Å². The monoisotopic (exact) mass is 686 g/mol. The summed E-state index contributed by atoms with van der Waals surface area (Å²) in [6.45, 7) is 17.8. The van der Waals surface area contributed by atoms with E-state index in [-0.39, 0.29) is 11.1 Å². The van der Waals surface area contributed by atoms with Gasteiger partial charge in [0.05, 0.1) is 48.9 Å². The lowest BCUT2D eigenvalue weighted by Crippen LogP contribution is -2.74. The van der Waals surface area contributed by atoms with E-state index in [2.05, 4.69) is 13.2 Å². The Balaban J connectivity index is 1.87. The van der Waals surface area contributed by atoms with Crippen LogP contribution in [0.2, 0.25) is 0 Å². The minimum Gasteiger partial charge on any atom is -0.472 e. The van der Waals surface area contributed by atoms with Crippen LogP contribution in [0, 0.1) is 28.1 Å². The highest BCUT2D eigenvalue weighted by atomic mass is 16.6. The van der Waals surface area contributed by atoms with Crippen molar-refractivity contribution in [2.45, 2.75) is 97.1 Å². The number of hydrogen-bond acceptors (Lipinski definition) is 14. The standard InChI is InChI=1S/C35H42O14/c1-15(2)30(41)47-23-27(45-17(4)36)32(6,7)20(13-21(38)43-10)33(8)24(39)22-16(3)35(49-28(23)33)29(46-18(5)37)31(42)48-26(19-11-12-44-14-19)34(35,9)25(22)40/h11-12,14,20,22-23,25-29,40H,1,3,13H2,2,4-10H3/t20-,22+,23-,25-,26-,27-,28-,29+,33-,34-,35+/m0/s1. The highest BCUT2D eigenvalue weighted by Gasteiger charge is 2.83. The van der Waals surface area contributed by atoms with Crippen molar-refractivity contribution in [3.8, 4) is 0 Å². The maximum absolute atomic E-state index is 15.4. The average Bonchev–Trinajstić information content (AvgIpc) is 3.59. The molecular weight excluding hydrogens is 644 g/mol. The first kappa shape index (κ1) is 36.0. The Bertz CT molecular complexity index is 1620. The summed E-state index contributed by atoms with van der Waals surface area (Å²) in [7, 11) is 1.18. The summed E-state index contributed by atoms with van der Waals surface area (Å²) in [5.74, 6) is -7.57. The van der Waals surface area contributed by atoms with Crippen LogP contribution in [0.5, 0.6) is 0 Å². The Morgan fingerprint density at radius 2 is 1.63 bits per heavy atom. The zero-order valence-electron chi connectivity index (χ0n) is 28.7. The summed E-state index contributed by atoms with van der Waals surface area (Å²) in [6.07, 6.45) is -7.21. The molecule has 0 amide bonds. The molecule has 0 unspecified atom stereocenters. The van der Waals surface area contributed by atoms with E-state index < -0.39 is 112 Å². The van der Waals surface area contributed by atoms with Gasteiger partial charge in [-0.2, -0.15) is 0 Å². The number of ether oxygens (including phenoxy) is 6. The first-order chi connectivity index (χ1) is 22.7. The molecule has 266 valence electrons. The molecule has 1 aromatic heterocycles. The summed E-state index contributed by atoms with van der Waals surface area (Å²) < 4.78 is 40.7. The van der Waals surface area contributed by atoms with Gasteiger partial charge < -0.3 is 37.9 Å². The van der Waals surface area contributed by atoms with Crippen LogP contribution in [0.3, 0.4) is 0 Å². The van der Waals surface area contributed by atoms with Crippen LogP contribution in [-0.4, -0.2) is 84.0 Å². The van der Waals surface area contributed by atoms with Crippen molar-refractivity contribution in [1.29, 1.82) is 0 Å². The lowest BCUT2D eigenvalue weighted by molar-refractivity contribution is -0.316. The Hall–Kier alpha value is -4.30. The van der Waals surface area contributed by atoms with E-state index in [1.165, 1.54) is 46.5 Å². The average molecular weight is 687 g/mol. The normalized spacial score (nSPS) is 39.0. The van der Waals surface area contributed by atoms with Crippen LogP contribution in [0.1, 0.15) is 66.6 Å². The second kappa shape index (κ2) is 11.9. The molecule has 14 nitrogen and oxygen atoms in total. The molecule has 2 saturated heterocycles. The third-order valence-electron chi connectivity index (χ3n) is 11.2. The molecule has 5 rings (SSSR count). The SMILES string of the molecule is C=C(C)C(=O)O[C@H]1[C@H](OC(C)=O)C(C)(C)[C@H](CC(=O)OC)[C@@]2(C)C(=O)[C@H]3C(=C)[C@@]4(O[C@@H]12)[C@H](OC(C)=O)C(=O)O[C@@H](c1ccoc1)[C@]4(C)[C@H]3O. The second-order valence-corrected chi connectivity index (χ2v) is 14.3. The number of carbonyl (C=O) groups is 6. The molecule has 4 aliphatic rings. The predicted molar refractivity (Wildman–Crippen MR) is 165 cm³/mol. The number of aliphatic hydroxyl groups excluding tert-OH is 1. The molecule has 0 radical (unpaired) electrons. The van der Waals surface area contributed by atoms with E-state index in [4.69, 9.17) is 32.8 Å². The van der Waals surface area contributed by atoms with Gasteiger partial charge in [-0.25, -0.2) is 9.59 Å². The van der Waals surface area contributed by atoms with Crippen LogP contribution in [0.15, 0.2) is 47.3 Å². The van der Waals surface area contributed by atoms with Gasteiger partial charge in [0.2, 0.25) is 6.10 Å². The molecule has 11 atom stereocenters. The van der Waals surface area contributed by atoms with Gasteiger partial charge in [0, 0.05) is 30.4 Å². The maximum Gasteiger partial charge on any atom is 0.351 e. The number of aliphatic hydroxyl groups is 1. The van der Waals surface area contributed by atoms with E-state index in [1.54, 1.807) is 13.8 Å². The quantitative estimate of drug-likeness (QED) is 0.191. The molecule has 14 heteroatoms. The summed E-state index contributed by atoms with van der Waals surface area (Å²) in [4.78, 5) is 80.9. The van der Waals surface area contributed by atoms with Gasteiger partial charge in [0.25, 0.3) is 0 Å². The summed E-state index contributed by atoms with van der Waals surface area (Å²) in [5.41, 5.74) is -6.98. The molecule has 49 heavy (non-hydrogen) atoms. The van der Waals surface area contributed by atoms with E-state index in [0.717, 1.165) is 13.8 Å². The fraction of sp³-hybridized carbons (Fsp3) is 0.600. The Labute approximate surface area is 283 Å². The predicted octanol–water partition coefficient (Wildman–Crippen LogP) is 2.71. The van der Waals surface area contributed by atoms with Crippen molar-refractivity contribution in [1.82, 2.24) is 0 Å². The zero-order valence-corrected chi connectivity index (χ0v) is 28.7. The number of methoxy groups -OCH3 is 1. The Morgan fingerprint density at radius 3 is 2.16 bits per heavy atom. The number of hydrogen-bond donors (Lipinski definition) is 1. The molecule has 1 spiro atoms. The van der Waals surface area contributed by atoms with Gasteiger partial charge in [-0.1, -0.05) is 27.0 Å². The number of rotatable bonds is 7. The van der Waals surface area contributed by atoms with Crippen molar-refractivity contribution in [2.75, 3.05) is 7.11 Å². The first-order valence-corrected chi connectivity index (χ1v) is 15.8. The molecule has 3 heterocycles. The van der Waals surface area contributed by atoms with E-state index in [0.29, 0.717) is 5.56 Å². The molecule has 1 aromatic rings. The number of Topliss-reactive ketones (excluding diaryl/α,β-unsaturated/α-hetero) is 1. The van der Waals surface area contributed by atoms with Gasteiger partial charge in [0.15, 0.2) is 11.9 Å². The highest BCUT2D eigenvalue weighted by Crippen LogP contribution is 2.71. The number of carbonyl (C=O) groups excluding carboxylic acids is 6. The summed E-state index contributed by atoms with van der Waals surface area (Å²) in [6, 6.07) is 1.50. The number of esters is 5. The topological polar surface area (TPSA) is 191 Å². The number of furan rings is 1. The lowest BCUT2D eigenvalue weighted by atomic mass is 9.49. The third kappa shape index (κ3) is 4.89. The minimum absolute atomic E-state index is 0.0267. The Morgan fingerprint density at radius 1 is 1.00 bits per heavy atom. The summed E-state index contributed by atoms with van der Waals surface area (Å²) >= 11 is 0. The van der Waals surface area contributed by atoms with Gasteiger partial charge >= 0.3 is 29.8 Å². The maximum atomic E-state index is 15.4. The van der Waals surface area contributed by atoms with Crippen LogP contribution < -0.4 is 0 Å². The third-order valence-corrected chi connectivity index (χ3v) is 11.2. The van der Waals surface area contributed by atoms with Crippen molar-refractivity contribution >= 4 is 35.6 Å². The molecule has 0 aromatic carbocycles. The van der Waals surface area contributed by atoms with Crippen molar-refractivity contribution in [3.05, 3.63) is 48.5 Å². The van der Waals surface area contributed by atoms with Crippen molar-refractivity contribution in [2.24, 2.45) is 28.1 Å². The smallest absolute Gasteiger partial charge is 0.351 e. The van der Waals surface area contributed by atoms with Crippen LogP contribution in [0.25, 0.3) is 0 Å². The van der Waals surface area contributed by atoms with Crippen LogP contribution >= 0.6 is 0 Å². The zero-order chi connectivity index (χ0) is 36.6. The lowest BCUT2D eigenvalue weighted by Gasteiger charge is -2.62. The van der Waals surface area contributed by atoms with Gasteiger partial charge in [-0.15, -0.1) is 0 Å². The number of cyclic esters (lactones) is 1. The van der Waals surface area contributed by atoms with Gasteiger partial charge in [-0.05, 0) is 38.3 Å². The molecule has 2 bridgehead atoms. The molecule has 1 N–H and O–H groups in total. The second-order valence-electron chi connectivity index (χ2n) is 14.3. The minimum atomic E-state index is -2.22. The molecular formula is C35H42O14. The van der Waals surface area contributed by atoms with Gasteiger partial charge in [-0.3, -0.25) is 19.2 Å². The molecule has 2 aliphatic carbocycles. The van der Waals surface area contributed by atoms with Gasteiger partial charge in [0.1, 0.15) is 23.9 Å². The Kier molecular flexibility index (Phi) is 8.77. The molecule has 4 fully saturated rings. The van der Waals surface area contributed by atoms with Crippen LogP contribution in [0.4, 0.5) is 0 Å². The van der Waals surface area contributed by atoms with Crippen molar-refractivity contribution in [3.63, 3.8) is 0 Å². The fourth-order valence-corrected chi connectivity index (χ4v) is 8.90. The van der Waals surface area contributed by atoms with E-state index >= 15 is 4.79 Å². The largest absolute Gasteiger partial charge is 0.472 e. The fourth-order valence-electron chi connectivity index (χ4n) is 8.90. The van der Waals surface area contributed by atoms with E-state index in [9.17, 15) is 29.1 Å². The molecule has 2 saturated carbocycles. The van der Waals surface area contributed by atoms with E-state index in [1.807, 2.05) is 0 Å². The number of ketones is 1. The summed E-state index contributed by atoms with van der Waals surface area (Å²) in [5, 5.41) is 12.3. The number of fused-ring (bicyclic) bond motifs is 2.